The van der Waals surface area contributed by atoms with Crippen molar-refractivity contribution in [3.05, 3.63) is 0 Å². The van der Waals surface area contributed by atoms with E-state index in [9.17, 15) is 9.59 Å². The maximum Gasteiger partial charge on any atom is 0.323 e. The average molecular weight is 241 g/mol. The maximum atomic E-state index is 11.8. The third-order valence-electron chi connectivity index (χ3n) is 3.83. The Bertz CT molecular complexity index is 321. The molecular weight excluding hydrogens is 222 g/mol. The molecular formula is C11H19N3O3. The molecule has 2 bridgehead atoms. The monoisotopic (exact) mass is 241 g/mol. The van der Waals surface area contributed by atoms with Crippen LogP contribution in [0.2, 0.25) is 0 Å². The molecule has 6 nitrogen and oxygen atoms in total. The van der Waals surface area contributed by atoms with E-state index in [1.54, 1.807) is 4.90 Å². The van der Waals surface area contributed by atoms with Gasteiger partial charge in [-0.3, -0.25) is 9.69 Å². The number of nitrogens with zero attached hydrogens (tertiary/aromatic N) is 2. The fourth-order valence-electron chi connectivity index (χ4n) is 2.76. The summed E-state index contributed by atoms with van der Waals surface area (Å²) >= 11 is 0. The molecule has 2 atom stereocenters. The van der Waals surface area contributed by atoms with Gasteiger partial charge in [-0.1, -0.05) is 0 Å². The molecule has 0 aliphatic carbocycles. The first-order valence-electron chi connectivity index (χ1n) is 6.04. The molecule has 2 N–H and O–H groups in total. The number of amides is 2. The van der Waals surface area contributed by atoms with Gasteiger partial charge in [0.2, 0.25) is 0 Å². The molecule has 0 radical (unpaired) electrons. The van der Waals surface area contributed by atoms with E-state index in [1.807, 2.05) is 0 Å². The summed E-state index contributed by atoms with van der Waals surface area (Å²) in [6.45, 7) is 1.12. The van der Waals surface area contributed by atoms with Crippen LogP contribution in [0.5, 0.6) is 0 Å². The summed E-state index contributed by atoms with van der Waals surface area (Å²) in [5.74, 6) is -1.01. The Labute approximate surface area is 101 Å². The molecule has 6 heteroatoms. The van der Waals surface area contributed by atoms with Gasteiger partial charge in [-0.2, -0.15) is 0 Å². The molecule has 0 aromatic rings. The van der Waals surface area contributed by atoms with E-state index in [1.165, 1.54) is 6.42 Å². The number of carboxylic acids is 1. The zero-order chi connectivity index (χ0) is 12.4. The van der Waals surface area contributed by atoms with Crippen molar-refractivity contribution in [3.63, 3.8) is 0 Å². The Morgan fingerprint density at radius 2 is 2.00 bits per heavy atom. The predicted molar refractivity (Wildman–Crippen MR) is 61.8 cm³/mol. The van der Waals surface area contributed by atoms with E-state index in [4.69, 9.17) is 5.11 Å². The summed E-state index contributed by atoms with van der Waals surface area (Å²) in [5, 5.41) is 10.9. The number of carbonyl (C=O) groups is 2. The first-order valence-corrected chi connectivity index (χ1v) is 6.04. The summed E-state index contributed by atoms with van der Waals surface area (Å²) in [6, 6.07) is 0.753. The molecule has 0 saturated carbocycles. The zero-order valence-electron chi connectivity index (χ0n) is 10.1. The molecule has 2 rings (SSSR count). The van der Waals surface area contributed by atoms with Gasteiger partial charge in [0.15, 0.2) is 0 Å². The van der Waals surface area contributed by atoms with E-state index in [0.717, 1.165) is 19.4 Å². The third kappa shape index (κ3) is 2.69. The SMILES string of the molecule is CN1C2CCC1CN(C(=O)NCC(=O)O)CC2. The van der Waals surface area contributed by atoms with Crippen LogP contribution in [0.1, 0.15) is 19.3 Å². The quantitative estimate of drug-likeness (QED) is 0.711. The fraction of sp³-hybridized carbons (Fsp3) is 0.818. The minimum atomic E-state index is -1.01. The molecule has 2 amide bonds. The highest BCUT2D eigenvalue weighted by Gasteiger charge is 2.35. The largest absolute Gasteiger partial charge is 0.480 e. The number of carbonyl (C=O) groups excluding carboxylic acids is 1. The van der Waals surface area contributed by atoms with Crippen molar-refractivity contribution in [2.75, 3.05) is 26.7 Å². The number of fused-ring (bicyclic) bond motifs is 2. The summed E-state index contributed by atoms with van der Waals surface area (Å²) in [5.41, 5.74) is 0. The molecule has 0 spiro atoms. The first-order chi connectivity index (χ1) is 8.08. The maximum absolute atomic E-state index is 11.8. The number of hydrogen-bond acceptors (Lipinski definition) is 3. The molecule has 2 aliphatic rings. The molecule has 2 aliphatic heterocycles. The fourth-order valence-corrected chi connectivity index (χ4v) is 2.76. The number of hydrogen-bond donors (Lipinski definition) is 2. The van der Waals surface area contributed by atoms with Gasteiger partial charge in [0.25, 0.3) is 0 Å². The second kappa shape index (κ2) is 4.91. The number of likely N-dealkylation sites (tertiary alicyclic amines) is 1. The molecule has 2 saturated heterocycles. The highest BCUT2D eigenvalue weighted by atomic mass is 16.4. The molecule has 2 fully saturated rings. The van der Waals surface area contributed by atoms with Crippen LogP contribution in [0.15, 0.2) is 0 Å². The van der Waals surface area contributed by atoms with E-state index < -0.39 is 5.97 Å². The van der Waals surface area contributed by atoms with E-state index in [0.29, 0.717) is 18.6 Å². The van der Waals surface area contributed by atoms with Crippen LogP contribution in [0.25, 0.3) is 0 Å². The highest BCUT2D eigenvalue weighted by Crippen LogP contribution is 2.28. The predicted octanol–water partition coefficient (Wildman–Crippen LogP) is -0.0509. The first kappa shape index (κ1) is 12.2. The third-order valence-corrected chi connectivity index (χ3v) is 3.83. The van der Waals surface area contributed by atoms with Crippen LogP contribution in [0.3, 0.4) is 0 Å². The summed E-state index contributed by atoms with van der Waals surface area (Å²) < 4.78 is 0. The van der Waals surface area contributed by atoms with E-state index in [-0.39, 0.29) is 12.6 Å². The number of nitrogens with one attached hydrogen (secondary N) is 1. The number of rotatable bonds is 2. The van der Waals surface area contributed by atoms with Gasteiger partial charge >= 0.3 is 12.0 Å². The van der Waals surface area contributed by atoms with Gasteiger partial charge in [-0.05, 0) is 26.3 Å². The minimum absolute atomic E-state index is 0.256. The van der Waals surface area contributed by atoms with Crippen LogP contribution < -0.4 is 5.32 Å². The van der Waals surface area contributed by atoms with Gasteiger partial charge in [0, 0.05) is 25.2 Å². The van der Waals surface area contributed by atoms with Crippen molar-refractivity contribution in [1.82, 2.24) is 15.1 Å². The molecule has 17 heavy (non-hydrogen) atoms. The van der Waals surface area contributed by atoms with Crippen molar-refractivity contribution in [1.29, 1.82) is 0 Å². The Kier molecular flexibility index (Phi) is 3.51. The van der Waals surface area contributed by atoms with Gasteiger partial charge in [0.05, 0.1) is 0 Å². The normalized spacial score (nSPS) is 28.9. The van der Waals surface area contributed by atoms with Crippen molar-refractivity contribution >= 4 is 12.0 Å². The van der Waals surface area contributed by atoms with E-state index in [2.05, 4.69) is 17.3 Å². The standard InChI is InChI=1S/C11H19N3O3/c1-13-8-2-3-9(13)7-14(5-4-8)11(17)12-6-10(15)16/h8-9H,2-7H2,1H3,(H,12,17)(H,15,16). The lowest BCUT2D eigenvalue weighted by Gasteiger charge is -2.25. The van der Waals surface area contributed by atoms with Gasteiger partial charge in [-0.25, -0.2) is 4.79 Å². The van der Waals surface area contributed by atoms with Gasteiger partial charge in [-0.15, -0.1) is 0 Å². The number of carboxylic acid groups (broad SMARTS) is 1. The smallest absolute Gasteiger partial charge is 0.323 e. The number of aliphatic carboxylic acids is 1. The van der Waals surface area contributed by atoms with Crippen molar-refractivity contribution in [3.8, 4) is 0 Å². The Balaban J connectivity index is 1.90. The van der Waals surface area contributed by atoms with Crippen molar-refractivity contribution in [2.24, 2.45) is 0 Å². The molecule has 2 heterocycles. The lowest BCUT2D eigenvalue weighted by atomic mass is 10.1. The lowest BCUT2D eigenvalue weighted by Crippen LogP contribution is -2.46. The second-order valence-electron chi connectivity index (χ2n) is 4.84. The van der Waals surface area contributed by atoms with Crippen LogP contribution in [0.4, 0.5) is 4.79 Å². The summed E-state index contributed by atoms with van der Waals surface area (Å²) in [4.78, 5) is 26.3. The molecule has 0 aromatic carbocycles. The summed E-state index contributed by atoms with van der Waals surface area (Å²) in [7, 11) is 2.11. The van der Waals surface area contributed by atoms with Crippen molar-refractivity contribution in [2.45, 2.75) is 31.3 Å². The highest BCUT2D eigenvalue weighted by molar-refractivity contribution is 5.80. The topological polar surface area (TPSA) is 72.9 Å². The van der Waals surface area contributed by atoms with Crippen molar-refractivity contribution < 1.29 is 14.7 Å². The average Bonchev–Trinajstić information content (AvgIpc) is 2.50. The number of likely N-dealkylation sites (N-methyl/N-ethyl adjacent to an activating group) is 1. The molecule has 2 unspecified atom stereocenters. The Hall–Kier alpha value is -1.30. The second-order valence-corrected chi connectivity index (χ2v) is 4.84. The minimum Gasteiger partial charge on any atom is -0.480 e. The van der Waals surface area contributed by atoms with Gasteiger partial charge < -0.3 is 15.3 Å². The molecule has 0 aromatic heterocycles. The Morgan fingerprint density at radius 3 is 2.71 bits per heavy atom. The van der Waals surface area contributed by atoms with Crippen LogP contribution in [-0.2, 0) is 4.79 Å². The van der Waals surface area contributed by atoms with E-state index >= 15 is 0 Å². The lowest BCUT2D eigenvalue weighted by molar-refractivity contribution is -0.135. The Morgan fingerprint density at radius 1 is 1.29 bits per heavy atom. The zero-order valence-corrected chi connectivity index (χ0v) is 10.1. The van der Waals surface area contributed by atoms with Gasteiger partial charge in [0.1, 0.15) is 6.54 Å². The van der Waals surface area contributed by atoms with Crippen LogP contribution in [-0.4, -0.2) is 65.7 Å². The number of urea groups is 1. The summed E-state index contributed by atoms with van der Waals surface area (Å²) in [6.07, 6.45) is 3.32. The van der Waals surface area contributed by atoms with Crippen LogP contribution in [0, 0.1) is 0 Å². The van der Waals surface area contributed by atoms with Crippen LogP contribution >= 0.6 is 0 Å². The molecule has 96 valence electrons.